The molecule has 0 saturated carbocycles. The van der Waals surface area contributed by atoms with Crippen LogP contribution in [0, 0.1) is 23.2 Å². The van der Waals surface area contributed by atoms with Crippen molar-refractivity contribution in [3.05, 3.63) is 47.6 Å². The van der Waals surface area contributed by atoms with Crippen molar-refractivity contribution < 1.29 is 30.7 Å². The first-order valence-corrected chi connectivity index (χ1v) is 12.8. The van der Waals surface area contributed by atoms with E-state index in [1.165, 1.54) is 17.5 Å². The first-order chi connectivity index (χ1) is 13.0. The summed E-state index contributed by atoms with van der Waals surface area (Å²) in [5.41, 5.74) is 2.14. The molecule has 2 bridgehead atoms. The SMILES string of the molecule is CC1CC=Cc2cccc(OC(=O)[C@]3(C)CC4[I-][C@H]3C3CC=C[C@@H](C)C43)c21. The maximum absolute atomic E-state index is 13.4. The number of benzene rings is 1. The van der Waals surface area contributed by atoms with Crippen LogP contribution in [0.15, 0.2) is 36.4 Å². The third-order valence-corrected chi connectivity index (χ3v) is 12.6. The van der Waals surface area contributed by atoms with Crippen LogP contribution in [0.3, 0.4) is 0 Å². The van der Waals surface area contributed by atoms with Gasteiger partial charge in [0.05, 0.1) is 0 Å². The number of rotatable bonds is 2. The van der Waals surface area contributed by atoms with Crippen molar-refractivity contribution >= 4 is 12.0 Å². The van der Waals surface area contributed by atoms with Gasteiger partial charge in [0, 0.05) is 0 Å². The Balaban J connectivity index is 1.42. The van der Waals surface area contributed by atoms with Crippen molar-refractivity contribution in [1.29, 1.82) is 0 Å². The van der Waals surface area contributed by atoms with Crippen LogP contribution in [0.25, 0.3) is 6.08 Å². The maximum atomic E-state index is 13.4. The summed E-state index contributed by atoms with van der Waals surface area (Å²) in [5.74, 6) is 3.45. The van der Waals surface area contributed by atoms with Crippen molar-refractivity contribution in [3.63, 3.8) is 0 Å². The summed E-state index contributed by atoms with van der Waals surface area (Å²) in [7, 11) is 0. The molecule has 2 fully saturated rings. The van der Waals surface area contributed by atoms with Crippen molar-refractivity contribution in [2.45, 2.75) is 53.8 Å². The molecule has 27 heavy (non-hydrogen) atoms. The van der Waals surface area contributed by atoms with Crippen molar-refractivity contribution in [2.75, 3.05) is 0 Å². The van der Waals surface area contributed by atoms with Crippen LogP contribution >= 0.6 is 0 Å². The first-order valence-electron chi connectivity index (χ1n) is 10.3. The molecule has 2 saturated heterocycles. The number of ether oxygens (including phenoxy) is 1. The average Bonchev–Trinajstić information content (AvgIpc) is 3.19. The van der Waals surface area contributed by atoms with Gasteiger partial charge in [-0.05, 0) is 0 Å². The van der Waals surface area contributed by atoms with Gasteiger partial charge in [-0.25, -0.2) is 0 Å². The summed E-state index contributed by atoms with van der Waals surface area (Å²) in [6.07, 6.45) is 12.4. The molecule has 0 spiro atoms. The Morgan fingerprint density at radius 1 is 1.22 bits per heavy atom. The van der Waals surface area contributed by atoms with Crippen LogP contribution in [-0.4, -0.2) is 13.8 Å². The fraction of sp³-hybridized carbons (Fsp3) is 0.542. The number of hydrogen-bond donors (Lipinski definition) is 0. The van der Waals surface area contributed by atoms with Crippen molar-refractivity contribution in [3.8, 4) is 5.75 Å². The Hall–Kier alpha value is -1.10. The third-order valence-electron chi connectivity index (χ3n) is 7.32. The third kappa shape index (κ3) is 2.67. The van der Waals surface area contributed by atoms with Crippen molar-refractivity contribution in [2.24, 2.45) is 23.2 Å². The number of allylic oxidation sites excluding steroid dienone is 3. The van der Waals surface area contributed by atoms with Crippen molar-refractivity contribution in [1.82, 2.24) is 0 Å². The Morgan fingerprint density at radius 2 is 2.07 bits per heavy atom. The summed E-state index contributed by atoms with van der Waals surface area (Å²) in [6, 6.07) is 6.14. The number of carbonyl (C=O) groups excluding carboxylic acids is 1. The standard InChI is InChI=1S/C24H28IO2/c1-14-7-4-9-16-10-6-12-19(20(14)16)27-23(26)24(3)13-18-21-15(2)8-5-11-17(21)22(24)25-18/h4-6,8-10,12,14-15,17-18,21-22H,7,11,13H2,1-3H3/q-1/t14?,15-,17?,18?,21?,22+,24-/m1/s1. The van der Waals surface area contributed by atoms with Crippen LogP contribution in [0.5, 0.6) is 5.75 Å². The Bertz CT molecular complexity index is 841. The second-order valence-corrected chi connectivity index (χ2v) is 12.8. The molecular formula is C24H28IO2-. The van der Waals surface area contributed by atoms with Crippen LogP contribution in [0.2, 0.25) is 0 Å². The zero-order chi connectivity index (χ0) is 18.8. The zero-order valence-electron chi connectivity index (χ0n) is 16.3. The molecule has 2 aliphatic carbocycles. The molecule has 4 aliphatic rings. The van der Waals surface area contributed by atoms with E-state index >= 15 is 0 Å². The van der Waals surface area contributed by atoms with Crippen LogP contribution in [0.1, 0.15) is 57.1 Å². The van der Waals surface area contributed by atoms with Gasteiger partial charge < -0.3 is 0 Å². The van der Waals surface area contributed by atoms with E-state index in [-0.39, 0.29) is 32.6 Å². The number of fused-ring (bicyclic) bond motifs is 6. The van der Waals surface area contributed by atoms with Gasteiger partial charge in [0.15, 0.2) is 0 Å². The van der Waals surface area contributed by atoms with Gasteiger partial charge in [-0.3, -0.25) is 0 Å². The minimum atomic E-state index is -0.277. The first kappa shape index (κ1) is 18.0. The molecule has 0 radical (unpaired) electrons. The molecular weight excluding hydrogens is 447 g/mol. The molecule has 0 N–H and O–H groups in total. The summed E-state index contributed by atoms with van der Waals surface area (Å²) in [5, 5.41) is 0. The number of halogens is 1. The van der Waals surface area contributed by atoms with E-state index < -0.39 is 0 Å². The van der Waals surface area contributed by atoms with E-state index in [1.807, 2.05) is 12.1 Å². The van der Waals surface area contributed by atoms with Gasteiger partial charge >= 0.3 is 173 Å². The summed E-state index contributed by atoms with van der Waals surface area (Å²) >= 11 is 0.0768. The Kier molecular flexibility index (Phi) is 4.30. The van der Waals surface area contributed by atoms with Gasteiger partial charge in [0.1, 0.15) is 0 Å². The Labute approximate surface area is 172 Å². The molecule has 2 aliphatic heterocycles. The molecule has 5 rings (SSSR count). The number of hydrogen-bond acceptors (Lipinski definition) is 2. The molecule has 2 heterocycles. The number of alkyl halides is 2. The molecule has 1 aromatic carbocycles. The monoisotopic (exact) mass is 475 g/mol. The van der Waals surface area contributed by atoms with Crippen LogP contribution in [-0.2, 0) is 4.79 Å². The molecule has 144 valence electrons. The van der Waals surface area contributed by atoms with E-state index in [1.54, 1.807) is 0 Å². The molecule has 0 amide bonds. The van der Waals surface area contributed by atoms with Gasteiger partial charge in [-0.2, -0.15) is 0 Å². The molecule has 0 aromatic heterocycles. The Morgan fingerprint density at radius 3 is 2.93 bits per heavy atom. The average molecular weight is 475 g/mol. The molecule has 2 nitrogen and oxygen atoms in total. The van der Waals surface area contributed by atoms with E-state index in [0.29, 0.717) is 21.7 Å². The zero-order valence-corrected chi connectivity index (χ0v) is 18.5. The van der Waals surface area contributed by atoms with Gasteiger partial charge in [0.2, 0.25) is 0 Å². The topological polar surface area (TPSA) is 26.3 Å². The van der Waals surface area contributed by atoms with Gasteiger partial charge in [0.25, 0.3) is 0 Å². The van der Waals surface area contributed by atoms with Crippen LogP contribution in [0.4, 0.5) is 0 Å². The van der Waals surface area contributed by atoms with E-state index in [4.69, 9.17) is 4.74 Å². The predicted molar refractivity (Wildman–Crippen MR) is 104 cm³/mol. The fourth-order valence-electron chi connectivity index (χ4n) is 5.95. The summed E-state index contributed by atoms with van der Waals surface area (Å²) in [6.45, 7) is 6.81. The minimum absolute atomic E-state index is 0.0329. The van der Waals surface area contributed by atoms with E-state index in [0.717, 1.165) is 28.4 Å². The number of carbonyl (C=O) groups is 1. The second-order valence-electron chi connectivity index (χ2n) is 9.12. The van der Waals surface area contributed by atoms with E-state index in [2.05, 4.69) is 51.1 Å². The summed E-state index contributed by atoms with van der Waals surface area (Å²) in [4.78, 5) is 13.4. The molecule has 1 aromatic rings. The molecule has 4 unspecified atom stereocenters. The molecule has 3 heteroatoms. The molecule has 7 atom stereocenters. The van der Waals surface area contributed by atoms with E-state index in [9.17, 15) is 4.79 Å². The fourth-order valence-corrected chi connectivity index (χ4v) is 12.4. The quantitative estimate of drug-likeness (QED) is 0.216. The number of esters is 1. The normalized spacial score (nSPS) is 41.6. The van der Waals surface area contributed by atoms with Crippen LogP contribution < -0.4 is 25.9 Å². The second kappa shape index (κ2) is 6.47. The van der Waals surface area contributed by atoms with Gasteiger partial charge in [-0.1, -0.05) is 0 Å². The summed E-state index contributed by atoms with van der Waals surface area (Å²) < 4.78 is 7.54. The predicted octanol–water partition coefficient (Wildman–Crippen LogP) is 2.19. The van der Waals surface area contributed by atoms with Gasteiger partial charge in [-0.15, -0.1) is 0 Å².